The Morgan fingerprint density at radius 3 is 2.65 bits per heavy atom. The van der Waals surface area contributed by atoms with E-state index in [1.807, 2.05) is 18.2 Å². The predicted octanol–water partition coefficient (Wildman–Crippen LogP) is 3.06. The van der Waals surface area contributed by atoms with Crippen molar-refractivity contribution in [1.82, 2.24) is 9.88 Å². The average molecular weight is 333 g/mol. The Hall–Kier alpha value is -1.98. The molecule has 0 unspecified atom stereocenters. The normalized spacial score (nSPS) is 15.7. The SMILES string of the molecule is CCN1CCN(c2c(Cl)cccc2NC(=O)c2ccc[nH]2)CC1. The van der Waals surface area contributed by atoms with E-state index in [0.29, 0.717) is 10.7 Å². The average Bonchev–Trinajstić information content (AvgIpc) is 3.10. The predicted molar refractivity (Wildman–Crippen MR) is 94.5 cm³/mol. The standard InChI is InChI=1S/C17H21ClN4O/c1-2-21-9-11-22(12-10-21)16-13(18)5-3-6-14(16)20-17(23)15-7-4-8-19-15/h3-8,19H,2,9-12H2,1H3,(H,20,23). The smallest absolute Gasteiger partial charge is 0.272 e. The highest BCUT2D eigenvalue weighted by Gasteiger charge is 2.21. The fourth-order valence-electron chi connectivity index (χ4n) is 2.89. The number of H-pyrrole nitrogens is 1. The number of nitrogens with one attached hydrogen (secondary N) is 2. The van der Waals surface area contributed by atoms with Crippen LogP contribution >= 0.6 is 11.6 Å². The third kappa shape index (κ3) is 3.51. The molecule has 1 aliphatic rings. The molecule has 1 fully saturated rings. The van der Waals surface area contributed by atoms with Gasteiger partial charge < -0.3 is 20.1 Å². The molecule has 23 heavy (non-hydrogen) atoms. The molecule has 0 saturated carbocycles. The summed E-state index contributed by atoms with van der Waals surface area (Å²) in [6, 6.07) is 9.18. The molecule has 2 N–H and O–H groups in total. The van der Waals surface area contributed by atoms with Crippen LogP contribution in [0.15, 0.2) is 36.5 Å². The summed E-state index contributed by atoms with van der Waals surface area (Å²) in [7, 11) is 0. The second-order valence-corrected chi connectivity index (χ2v) is 6.00. The number of carbonyl (C=O) groups excluding carboxylic acids is 1. The lowest BCUT2D eigenvalue weighted by molar-refractivity contribution is 0.102. The highest BCUT2D eigenvalue weighted by atomic mass is 35.5. The first kappa shape index (κ1) is 15.9. The molecule has 1 amide bonds. The van der Waals surface area contributed by atoms with Crippen LogP contribution in [-0.4, -0.2) is 48.5 Å². The number of nitrogens with zero attached hydrogens (tertiary/aromatic N) is 2. The number of piperazine rings is 1. The fourth-order valence-corrected chi connectivity index (χ4v) is 3.18. The fraction of sp³-hybridized carbons (Fsp3) is 0.353. The maximum absolute atomic E-state index is 12.3. The molecule has 2 aromatic rings. The lowest BCUT2D eigenvalue weighted by atomic mass is 10.2. The Labute approximate surface area is 141 Å². The first-order chi connectivity index (χ1) is 11.2. The summed E-state index contributed by atoms with van der Waals surface area (Å²) in [5.74, 6) is -0.161. The van der Waals surface area contributed by atoms with Gasteiger partial charge in [-0.05, 0) is 30.8 Å². The molecule has 2 heterocycles. The summed E-state index contributed by atoms with van der Waals surface area (Å²) < 4.78 is 0. The van der Waals surface area contributed by atoms with E-state index >= 15 is 0 Å². The third-order valence-electron chi connectivity index (χ3n) is 4.21. The third-order valence-corrected chi connectivity index (χ3v) is 4.52. The lowest BCUT2D eigenvalue weighted by Gasteiger charge is -2.36. The van der Waals surface area contributed by atoms with Crippen molar-refractivity contribution in [3.8, 4) is 0 Å². The van der Waals surface area contributed by atoms with Crippen LogP contribution in [0, 0.1) is 0 Å². The first-order valence-corrected chi connectivity index (χ1v) is 8.27. The molecule has 1 saturated heterocycles. The van der Waals surface area contributed by atoms with Crippen LogP contribution in [-0.2, 0) is 0 Å². The number of para-hydroxylation sites is 1. The number of amides is 1. The summed E-state index contributed by atoms with van der Waals surface area (Å²) in [4.78, 5) is 19.9. The van der Waals surface area contributed by atoms with Gasteiger partial charge in [0.1, 0.15) is 5.69 Å². The highest BCUT2D eigenvalue weighted by molar-refractivity contribution is 6.34. The molecule has 0 bridgehead atoms. The molecular formula is C17H21ClN4O. The van der Waals surface area contributed by atoms with Crippen LogP contribution in [0.1, 0.15) is 17.4 Å². The largest absolute Gasteiger partial charge is 0.366 e. The van der Waals surface area contributed by atoms with Gasteiger partial charge in [0, 0.05) is 32.4 Å². The van der Waals surface area contributed by atoms with Crippen LogP contribution in [0.3, 0.4) is 0 Å². The molecule has 0 radical (unpaired) electrons. The van der Waals surface area contributed by atoms with Gasteiger partial charge in [0.15, 0.2) is 0 Å². The Morgan fingerprint density at radius 1 is 1.22 bits per heavy atom. The van der Waals surface area contributed by atoms with Gasteiger partial charge in [-0.2, -0.15) is 0 Å². The van der Waals surface area contributed by atoms with E-state index in [1.54, 1.807) is 18.3 Å². The molecular weight excluding hydrogens is 312 g/mol. The van der Waals surface area contributed by atoms with Crippen molar-refractivity contribution in [2.45, 2.75) is 6.92 Å². The minimum Gasteiger partial charge on any atom is -0.366 e. The molecule has 1 aromatic heterocycles. The van der Waals surface area contributed by atoms with E-state index in [0.717, 1.165) is 44.1 Å². The summed E-state index contributed by atoms with van der Waals surface area (Å²) >= 11 is 6.43. The van der Waals surface area contributed by atoms with Gasteiger partial charge in [0.05, 0.1) is 16.4 Å². The van der Waals surface area contributed by atoms with Gasteiger partial charge in [0.2, 0.25) is 0 Å². The van der Waals surface area contributed by atoms with Crippen LogP contribution < -0.4 is 10.2 Å². The molecule has 0 spiro atoms. The molecule has 1 aromatic carbocycles. The molecule has 1 aliphatic heterocycles. The number of hydrogen-bond donors (Lipinski definition) is 2. The van der Waals surface area contributed by atoms with Crippen molar-refractivity contribution in [2.75, 3.05) is 42.9 Å². The number of benzene rings is 1. The molecule has 0 atom stereocenters. The van der Waals surface area contributed by atoms with Gasteiger partial charge in [0.25, 0.3) is 5.91 Å². The van der Waals surface area contributed by atoms with Crippen molar-refractivity contribution in [2.24, 2.45) is 0 Å². The monoisotopic (exact) mass is 332 g/mol. The Bertz CT molecular complexity index is 663. The second kappa shape index (κ2) is 7.06. The Balaban J connectivity index is 1.81. The summed E-state index contributed by atoms with van der Waals surface area (Å²) in [6.07, 6.45) is 1.73. The number of carbonyl (C=O) groups is 1. The van der Waals surface area contributed by atoms with E-state index in [1.165, 1.54) is 0 Å². The quantitative estimate of drug-likeness (QED) is 0.904. The highest BCUT2D eigenvalue weighted by Crippen LogP contribution is 2.34. The van der Waals surface area contributed by atoms with E-state index < -0.39 is 0 Å². The van der Waals surface area contributed by atoms with Crippen molar-refractivity contribution in [1.29, 1.82) is 0 Å². The van der Waals surface area contributed by atoms with Crippen LogP contribution in [0.4, 0.5) is 11.4 Å². The Morgan fingerprint density at radius 2 is 2.00 bits per heavy atom. The number of anilines is 2. The molecule has 0 aliphatic carbocycles. The molecule has 6 heteroatoms. The number of aromatic amines is 1. The van der Waals surface area contributed by atoms with Gasteiger partial charge in [-0.15, -0.1) is 0 Å². The minimum absolute atomic E-state index is 0.161. The molecule has 3 rings (SSSR count). The zero-order valence-electron chi connectivity index (χ0n) is 13.2. The number of halogens is 1. The minimum atomic E-state index is -0.161. The van der Waals surface area contributed by atoms with Crippen LogP contribution in [0.25, 0.3) is 0 Å². The Kier molecular flexibility index (Phi) is 4.88. The van der Waals surface area contributed by atoms with Crippen molar-refractivity contribution >= 4 is 28.9 Å². The van der Waals surface area contributed by atoms with Crippen molar-refractivity contribution in [3.63, 3.8) is 0 Å². The summed E-state index contributed by atoms with van der Waals surface area (Å²) in [5, 5.41) is 3.63. The van der Waals surface area contributed by atoms with Gasteiger partial charge >= 0.3 is 0 Å². The first-order valence-electron chi connectivity index (χ1n) is 7.89. The number of rotatable bonds is 4. The summed E-state index contributed by atoms with van der Waals surface area (Å²) in [6.45, 7) is 7.06. The maximum atomic E-state index is 12.3. The number of aromatic nitrogens is 1. The number of likely N-dealkylation sites (N-methyl/N-ethyl adjacent to an activating group) is 1. The summed E-state index contributed by atoms with van der Waals surface area (Å²) in [5.41, 5.74) is 2.19. The zero-order chi connectivity index (χ0) is 16.2. The maximum Gasteiger partial charge on any atom is 0.272 e. The van der Waals surface area contributed by atoms with Gasteiger partial charge in [-0.25, -0.2) is 0 Å². The zero-order valence-corrected chi connectivity index (χ0v) is 13.9. The number of hydrogen-bond acceptors (Lipinski definition) is 3. The van der Waals surface area contributed by atoms with E-state index in [-0.39, 0.29) is 5.91 Å². The van der Waals surface area contributed by atoms with Crippen LogP contribution in [0.5, 0.6) is 0 Å². The lowest BCUT2D eigenvalue weighted by Crippen LogP contribution is -2.46. The van der Waals surface area contributed by atoms with E-state index in [4.69, 9.17) is 11.6 Å². The van der Waals surface area contributed by atoms with Crippen molar-refractivity contribution in [3.05, 3.63) is 47.2 Å². The van der Waals surface area contributed by atoms with E-state index in [9.17, 15) is 4.79 Å². The van der Waals surface area contributed by atoms with Crippen LogP contribution in [0.2, 0.25) is 5.02 Å². The topological polar surface area (TPSA) is 51.4 Å². The van der Waals surface area contributed by atoms with E-state index in [2.05, 4.69) is 27.0 Å². The molecule has 122 valence electrons. The van der Waals surface area contributed by atoms with Gasteiger partial charge in [-0.1, -0.05) is 24.6 Å². The molecule has 5 nitrogen and oxygen atoms in total. The second-order valence-electron chi connectivity index (χ2n) is 5.60. The van der Waals surface area contributed by atoms with Gasteiger partial charge in [-0.3, -0.25) is 4.79 Å². The van der Waals surface area contributed by atoms with Crippen molar-refractivity contribution < 1.29 is 4.79 Å².